The van der Waals surface area contributed by atoms with Gasteiger partial charge in [0.2, 0.25) is 0 Å². The van der Waals surface area contributed by atoms with E-state index in [2.05, 4.69) is 12.1 Å². The first-order valence-corrected chi connectivity index (χ1v) is 7.28. The summed E-state index contributed by atoms with van der Waals surface area (Å²) in [6, 6.07) is 13.0. The molecular weight excluding hydrogens is 267 g/mol. The molecule has 110 valence electrons. The average Bonchev–Trinajstić information content (AvgIpc) is 3.34. The van der Waals surface area contributed by atoms with Gasteiger partial charge in [0.15, 0.2) is 11.6 Å². The molecule has 0 spiro atoms. The lowest BCUT2D eigenvalue weighted by Crippen LogP contribution is -2.04. The van der Waals surface area contributed by atoms with Crippen LogP contribution in [0.1, 0.15) is 41.6 Å². The topological polar surface area (TPSA) is 29.5 Å². The van der Waals surface area contributed by atoms with Crippen LogP contribution in [0, 0.1) is 5.82 Å². The van der Waals surface area contributed by atoms with Crippen LogP contribution >= 0.6 is 0 Å². The number of methoxy groups -OCH3 is 1. The maximum absolute atomic E-state index is 14.1. The number of aliphatic hydroxyl groups excluding tert-OH is 1. The third-order valence-electron chi connectivity index (χ3n) is 4.05. The second-order valence-corrected chi connectivity index (χ2v) is 5.59. The summed E-state index contributed by atoms with van der Waals surface area (Å²) in [4.78, 5) is 0. The zero-order chi connectivity index (χ0) is 14.8. The highest BCUT2D eigenvalue weighted by Gasteiger charge is 2.23. The Morgan fingerprint density at radius 3 is 2.52 bits per heavy atom. The maximum atomic E-state index is 14.1. The van der Waals surface area contributed by atoms with E-state index in [0.717, 1.165) is 5.56 Å². The maximum Gasteiger partial charge on any atom is 0.168 e. The first-order valence-electron chi connectivity index (χ1n) is 7.28. The molecule has 2 aromatic carbocycles. The molecule has 1 aliphatic rings. The van der Waals surface area contributed by atoms with Crippen LogP contribution in [0.3, 0.4) is 0 Å². The molecule has 1 N–H and O–H groups in total. The summed E-state index contributed by atoms with van der Waals surface area (Å²) in [6.07, 6.45) is 2.06. The van der Waals surface area contributed by atoms with Gasteiger partial charge in [-0.25, -0.2) is 4.39 Å². The molecule has 1 aliphatic carbocycles. The Bertz CT molecular complexity index is 618. The minimum absolute atomic E-state index is 0.212. The van der Waals surface area contributed by atoms with E-state index >= 15 is 0 Å². The number of rotatable bonds is 5. The van der Waals surface area contributed by atoms with Crippen molar-refractivity contribution in [3.8, 4) is 5.75 Å². The molecule has 0 radical (unpaired) electrons. The Morgan fingerprint density at radius 2 is 1.90 bits per heavy atom. The van der Waals surface area contributed by atoms with Gasteiger partial charge in [0.25, 0.3) is 0 Å². The summed E-state index contributed by atoms with van der Waals surface area (Å²) in [5.74, 6) is 0.518. The number of benzene rings is 2. The Labute approximate surface area is 124 Å². The van der Waals surface area contributed by atoms with Gasteiger partial charge in [-0.05, 0) is 41.5 Å². The van der Waals surface area contributed by atoms with Crippen molar-refractivity contribution in [2.45, 2.75) is 31.3 Å². The van der Waals surface area contributed by atoms with E-state index in [1.807, 2.05) is 12.1 Å². The summed E-state index contributed by atoms with van der Waals surface area (Å²) < 4.78 is 19.1. The predicted octanol–water partition coefficient (Wildman–Crippen LogP) is 3.99. The Morgan fingerprint density at radius 1 is 1.19 bits per heavy atom. The molecule has 2 nitrogen and oxygen atoms in total. The summed E-state index contributed by atoms with van der Waals surface area (Å²) in [5.41, 5.74) is 2.62. The van der Waals surface area contributed by atoms with E-state index in [0.29, 0.717) is 11.5 Å². The number of halogens is 1. The van der Waals surface area contributed by atoms with Crippen molar-refractivity contribution in [1.82, 2.24) is 0 Å². The van der Waals surface area contributed by atoms with Crippen LogP contribution in [0.5, 0.6) is 5.75 Å². The van der Waals surface area contributed by atoms with Crippen molar-refractivity contribution in [3.05, 3.63) is 65.0 Å². The Kier molecular flexibility index (Phi) is 3.93. The Hall–Kier alpha value is -1.87. The molecule has 1 fully saturated rings. The van der Waals surface area contributed by atoms with Gasteiger partial charge in [-0.2, -0.15) is 0 Å². The van der Waals surface area contributed by atoms with Crippen molar-refractivity contribution in [2.24, 2.45) is 0 Å². The van der Waals surface area contributed by atoms with Crippen molar-refractivity contribution >= 4 is 0 Å². The third kappa shape index (κ3) is 3.08. The SMILES string of the molecule is COc1cccc(CC(O)c2ccc(C3CC3)cc2)c1F. The minimum atomic E-state index is -0.708. The fraction of sp³-hybridized carbons (Fsp3) is 0.333. The Balaban J connectivity index is 1.74. The zero-order valence-corrected chi connectivity index (χ0v) is 12.1. The predicted molar refractivity (Wildman–Crippen MR) is 80.0 cm³/mol. The molecule has 1 unspecified atom stereocenters. The second kappa shape index (κ2) is 5.86. The highest BCUT2D eigenvalue weighted by atomic mass is 19.1. The molecule has 3 rings (SSSR count). The highest BCUT2D eigenvalue weighted by Crippen LogP contribution is 2.40. The fourth-order valence-electron chi connectivity index (χ4n) is 2.60. The van der Waals surface area contributed by atoms with E-state index < -0.39 is 11.9 Å². The minimum Gasteiger partial charge on any atom is -0.494 e. The molecule has 3 heteroatoms. The fourth-order valence-corrected chi connectivity index (χ4v) is 2.60. The standard InChI is InChI=1S/C18H19FO2/c1-21-17-4-2-3-15(18(17)19)11-16(20)14-9-7-13(8-10-14)12-5-6-12/h2-4,7-10,12,16,20H,5-6,11H2,1H3. The molecular formula is C18H19FO2. The molecule has 0 aromatic heterocycles. The molecule has 1 saturated carbocycles. The first-order chi connectivity index (χ1) is 10.2. The van der Waals surface area contributed by atoms with Crippen LogP contribution in [0.15, 0.2) is 42.5 Å². The highest BCUT2D eigenvalue weighted by molar-refractivity contribution is 5.33. The molecule has 0 saturated heterocycles. The van der Waals surface area contributed by atoms with Crippen LogP contribution in [-0.2, 0) is 6.42 Å². The van der Waals surface area contributed by atoms with Gasteiger partial charge in [-0.3, -0.25) is 0 Å². The normalized spacial score (nSPS) is 15.8. The lowest BCUT2D eigenvalue weighted by Gasteiger charge is -2.13. The molecule has 2 aromatic rings. The van der Waals surface area contributed by atoms with Crippen LogP contribution in [0.4, 0.5) is 4.39 Å². The molecule has 0 amide bonds. The van der Waals surface area contributed by atoms with Crippen molar-refractivity contribution in [1.29, 1.82) is 0 Å². The number of hydrogen-bond acceptors (Lipinski definition) is 2. The van der Waals surface area contributed by atoms with Crippen molar-refractivity contribution in [2.75, 3.05) is 7.11 Å². The van der Waals surface area contributed by atoms with Crippen LogP contribution in [-0.4, -0.2) is 12.2 Å². The van der Waals surface area contributed by atoms with Crippen molar-refractivity contribution < 1.29 is 14.2 Å². The van der Waals surface area contributed by atoms with Gasteiger partial charge in [0, 0.05) is 6.42 Å². The first kappa shape index (κ1) is 14.1. The van der Waals surface area contributed by atoms with Gasteiger partial charge in [0.05, 0.1) is 13.2 Å². The smallest absolute Gasteiger partial charge is 0.168 e. The third-order valence-corrected chi connectivity index (χ3v) is 4.05. The van der Waals surface area contributed by atoms with E-state index in [9.17, 15) is 9.50 Å². The molecule has 1 atom stereocenters. The zero-order valence-electron chi connectivity index (χ0n) is 12.1. The average molecular weight is 286 g/mol. The van der Waals surface area contributed by atoms with Gasteiger partial charge in [-0.1, -0.05) is 36.4 Å². The summed E-state index contributed by atoms with van der Waals surface area (Å²) in [6.45, 7) is 0. The number of ether oxygens (including phenoxy) is 1. The van der Waals surface area contributed by atoms with E-state index in [1.54, 1.807) is 18.2 Å². The summed E-state index contributed by atoms with van der Waals surface area (Å²) in [7, 11) is 1.44. The molecule has 0 bridgehead atoms. The number of hydrogen-bond donors (Lipinski definition) is 1. The van der Waals surface area contributed by atoms with E-state index in [4.69, 9.17) is 4.74 Å². The summed E-state index contributed by atoms with van der Waals surface area (Å²) in [5, 5.41) is 10.3. The molecule has 21 heavy (non-hydrogen) atoms. The van der Waals surface area contributed by atoms with Crippen LogP contribution < -0.4 is 4.74 Å². The van der Waals surface area contributed by atoms with Crippen LogP contribution in [0.2, 0.25) is 0 Å². The second-order valence-electron chi connectivity index (χ2n) is 5.59. The van der Waals surface area contributed by atoms with Crippen LogP contribution in [0.25, 0.3) is 0 Å². The van der Waals surface area contributed by atoms with E-state index in [1.165, 1.54) is 25.5 Å². The van der Waals surface area contributed by atoms with E-state index in [-0.39, 0.29) is 12.2 Å². The molecule has 0 aliphatic heterocycles. The monoisotopic (exact) mass is 286 g/mol. The van der Waals surface area contributed by atoms with Crippen molar-refractivity contribution in [3.63, 3.8) is 0 Å². The lowest BCUT2D eigenvalue weighted by molar-refractivity contribution is 0.177. The lowest BCUT2D eigenvalue weighted by atomic mass is 9.99. The van der Waals surface area contributed by atoms with Gasteiger partial charge >= 0.3 is 0 Å². The number of aliphatic hydroxyl groups is 1. The molecule has 0 heterocycles. The van der Waals surface area contributed by atoms with Gasteiger partial charge in [0.1, 0.15) is 0 Å². The van der Waals surface area contributed by atoms with Gasteiger partial charge in [-0.15, -0.1) is 0 Å². The summed E-state index contributed by atoms with van der Waals surface area (Å²) >= 11 is 0. The largest absolute Gasteiger partial charge is 0.494 e. The van der Waals surface area contributed by atoms with Gasteiger partial charge < -0.3 is 9.84 Å². The quantitative estimate of drug-likeness (QED) is 0.900.